The number of hydrogen-bond acceptors (Lipinski definition) is 1. The molecule has 0 aromatic heterocycles. The first-order chi connectivity index (χ1) is 10.6. The Morgan fingerprint density at radius 1 is 1.05 bits per heavy atom. The molecule has 0 fully saturated rings. The molecular weight excluding hydrogens is 317 g/mol. The third kappa shape index (κ3) is 4.75. The van der Waals surface area contributed by atoms with E-state index >= 15 is 0 Å². The molecule has 2 rings (SSSR count). The molecule has 0 spiro atoms. The standard InChI is InChI=1S/C18H19Cl2NO/c1-13(14-6-3-2-4-7-14)10-11-21-18(22)12-15-16(19)8-5-9-17(15)20/h2-9,13H,10-12H2,1H3,(H,21,22). The fourth-order valence-corrected chi connectivity index (χ4v) is 2.83. The van der Waals surface area contributed by atoms with Crippen LogP contribution in [0.5, 0.6) is 0 Å². The van der Waals surface area contributed by atoms with Crippen LogP contribution in [0.15, 0.2) is 48.5 Å². The molecule has 1 atom stereocenters. The highest BCUT2D eigenvalue weighted by molar-refractivity contribution is 6.36. The molecule has 2 aromatic carbocycles. The summed E-state index contributed by atoms with van der Waals surface area (Å²) in [5, 5.41) is 3.99. The van der Waals surface area contributed by atoms with Gasteiger partial charge >= 0.3 is 0 Å². The summed E-state index contributed by atoms with van der Waals surface area (Å²) < 4.78 is 0. The molecule has 22 heavy (non-hydrogen) atoms. The Hall–Kier alpha value is -1.51. The van der Waals surface area contributed by atoms with Crippen LogP contribution in [-0.4, -0.2) is 12.5 Å². The summed E-state index contributed by atoms with van der Waals surface area (Å²) in [6.07, 6.45) is 1.10. The summed E-state index contributed by atoms with van der Waals surface area (Å²) in [6.45, 7) is 2.80. The van der Waals surface area contributed by atoms with Crippen molar-refractivity contribution in [1.82, 2.24) is 5.32 Å². The molecule has 0 aliphatic rings. The van der Waals surface area contributed by atoms with Gasteiger partial charge in [-0.15, -0.1) is 0 Å². The van der Waals surface area contributed by atoms with Gasteiger partial charge in [0.1, 0.15) is 0 Å². The lowest BCUT2D eigenvalue weighted by Gasteiger charge is -2.13. The van der Waals surface area contributed by atoms with Crippen molar-refractivity contribution in [1.29, 1.82) is 0 Å². The van der Waals surface area contributed by atoms with Crippen molar-refractivity contribution in [2.45, 2.75) is 25.7 Å². The molecule has 0 saturated heterocycles. The second-order valence-corrected chi connectivity index (χ2v) is 6.14. The monoisotopic (exact) mass is 335 g/mol. The maximum atomic E-state index is 12.0. The van der Waals surface area contributed by atoms with Crippen molar-refractivity contribution in [2.75, 3.05) is 6.54 Å². The third-order valence-electron chi connectivity index (χ3n) is 3.67. The number of carbonyl (C=O) groups is 1. The Bertz CT molecular complexity index is 608. The fraction of sp³-hybridized carbons (Fsp3) is 0.278. The highest BCUT2D eigenvalue weighted by Gasteiger charge is 2.11. The first kappa shape index (κ1) is 16.9. The topological polar surface area (TPSA) is 29.1 Å². The zero-order valence-corrected chi connectivity index (χ0v) is 14.0. The zero-order chi connectivity index (χ0) is 15.9. The van der Waals surface area contributed by atoms with Crippen molar-refractivity contribution in [3.63, 3.8) is 0 Å². The molecule has 0 bridgehead atoms. The minimum atomic E-state index is -0.0599. The van der Waals surface area contributed by atoms with Gasteiger partial charge in [0, 0.05) is 16.6 Å². The Kier molecular flexibility index (Phi) is 6.29. The fourth-order valence-electron chi connectivity index (χ4n) is 2.30. The highest BCUT2D eigenvalue weighted by atomic mass is 35.5. The van der Waals surface area contributed by atoms with Gasteiger partial charge in [0.2, 0.25) is 5.91 Å². The molecule has 0 aliphatic heterocycles. The molecule has 1 amide bonds. The maximum absolute atomic E-state index is 12.0. The van der Waals surface area contributed by atoms with Crippen LogP contribution < -0.4 is 5.32 Å². The van der Waals surface area contributed by atoms with Gasteiger partial charge in [0.15, 0.2) is 0 Å². The molecule has 1 N–H and O–H groups in total. The smallest absolute Gasteiger partial charge is 0.224 e. The van der Waals surface area contributed by atoms with E-state index in [1.54, 1.807) is 18.2 Å². The summed E-state index contributed by atoms with van der Waals surface area (Å²) in [6, 6.07) is 15.5. The largest absolute Gasteiger partial charge is 0.356 e. The molecule has 0 heterocycles. The molecule has 0 saturated carbocycles. The minimum absolute atomic E-state index is 0.0599. The third-order valence-corrected chi connectivity index (χ3v) is 4.38. The van der Waals surface area contributed by atoms with Gasteiger partial charge in [-0.3, -0.25) is 4.79 Å². The lowest BCUT2D eigenvalue weighted by Crippen LogP contribution is -2.27. The second kappa shape index (κ2) is 8.21. The van der Waals surface area contributed by atoms with Crippen molar-refractivity contribution < 1.29 is 4.79 Å². The van der Waals surface area contributed by atoms with Gasteiger partial charge in [-0.1, -0.05) is 66.5 Å². The van der Waals surface area contributed by atoms with Crippen LogP contribution in [-0.2, 0) is 11.2 Å². The molecule has 116 valence electrons. The maximum Gasteiger partial charge on any atom is 0.224 e. The van der Waals surface area contributed by atoms with Crippen LogP contribution in [0, 0.1) is 0 Å². The van der Waals surface area contributed by atoms with Crippen LogP contribution in [0.1, 0.15) is 30.4 Å². The number of rotatable bonds is 6. The Labute approximate surface area is 141 Å². The van der Waals surface area contributed by atoms with Crippen molar-refractivity contribution in [3.8, 4) is 0 Å². The number of halogens is 2. The lowest BCUT2D eigenvalue weighted by atomic mass is 9.98. The average molecular weight is 336 g/mol. The van der Waals surface area contributed by atoms with E-state index < -0.39 is 0 Å². The molecule has 0 radical (unpaired) electrons. The van der Waals surface area contributed by atoms with Crippen LogP contribution in [0.25, 0.3) is 0 Å². The lowest BCUT2D eigenvalue weighted by molar-refractivity contribution is -0.120. The number of nitrogens with one attached hydrogen (secondary N) is 1. The minimum Gasteiger partial charge on any atom is -0.356 e. The van der Waals surface area contributed by atoms with Crippen LogP contribution in [0.4, 0.5) is 0 Å². The average Bonchev–Trinajstić information content (AvgIpc) is 2.52. The van der Waals surface area contributed by atoms with E-state index in [2.05, 4.69) is 24.4 Å². The SMILES string of the molecule is CC(CCNC(=O)Cc1c(Cl)cccc1Cl)c1ccccc1. The van der Waals surface area contributed by atoms with E-state index in [1.165, 1.54) is 5.56 Å². The summed E-state index contributed by atoms with van der Waals surface area (Å²) in [5.74, 6) is 0.348. The summed E-state index contributed by atoms with van der Waals surface area (Å²) in [7, 11) is 0. The first-order valence-electron chi connectivity index (χ1n) is 7.32. The predicted molar refractivity (Wildman–Crippen MR) is 92.6 cm³/mol. The van der Waals surface area contributed by atoms with E-state index in [-0.39, 0.29) is 12.3 Å². The number of carbonyl (C=O) groups excluding carboxylic acids is 1. The van der Waals surface area contributed by atoms with Gasteiger partial charge in [0.25, 0.3) is 0 Å². The Balaban J connectivity index is 1.81. The number of amides is 1. The quantitative estimate of drug-likeness (QED) is 0.803. The molecular formula is C18H19Cl2NO. The molecule has 2 nitrogen and oxygen atoms in total. The number of benzene rings is 2. The second-order valence-electron chi connectivity index (χ2n) is 5.33. The van der Waals surface area contributed by atoms with Gasteiger partial charge in [-0.2, -0.15) is 0 Å². The number of hydrogen-bond donors (Lipinski definition) is 1. The first-order valence-corrected chi connectivity index (χ1v) is 8.08. The van der Waals surface area contributed by atoms with Gasteiger partial charge < -0.3 is 5.32 Å². The Morgan fingerprint density at radius 2 is 1.68 bits per heavy atom. The van der Waals surface area contributed by atoms with Crippen LogP contribution in [0.3, 0.4) is 0 Å². The van der Waals surface area contributed by atoms with E-state index in [1.807, 2.05) is 18.2 Å². The van der Waals surface area contributed by atoms with Gasteiger partial charge in [-0.05, 0) is 35.6 Å². The zero-order valence-electron chi connectivity index (χ0n) is 12.5. The molecule has 0 aliphatic carbocycles. The van der Waals surface area contributed by atoms with Crippen LogP contribution >= 0.6 is 23.2 Å². The van der Waals surface area contributed by atoms with Crippen molar-refractivity contribution >= 4 is 29.1 Å². The molecule has 1 unspecified atom stereocenters. The normalized spacial score (nSPS) is 12.0. The summed E-state index contributed by atoms with van der Waals surface area (Å²) >= 11 is 12.1. The van der Waals surface area contributed by atoms with Gasteiger partial charge in [-0.25, -0.2) is 0 Å². The van der Waals surface area contributed by atoms with Crippen molar-refractivity contribution in [3.05, 3.63) is 69.7 Å². The van der Waals surface area contributed by atoms with Crippen molar-refractivity contribution in [2.24, 2.45) is 0 Å². The Morgan fingerprint density at radius 3 is 2.32 bits per heavy atom. The molecule has 2 aromatic rings. The highest BCUT2D eigenvalue weighted by Crippen LogP contribution is 2.24. The van der Waals surface area contributed by atoms with Gasteiger partial charge in [0.05, 0.1) is 6.42 Å². The summed E-state index contributed by atoms with van der Waals surface area (Å²) in [4.78, 5) is 12.0. The van der Waals surface area contributed by atoms with Crippen LogP contribution in [0.2, 0.25) is 10.0 Å². The van der Waals surface area contributed by atoms with E-state index in [0.717, 1.165) is 6.42 Å². The van der Waals surface area contributed by atoms with E-state index in [0.29, 0.717) is 28.1 Å². The van der Waals surface area contributed by atoms with E-state index in [9.17, 15) is 4.79 Å². The molecule has 4 heteroatoms. The van der Waals surface area contributed by atoms with E-state index in [4.69, 9.17) is 23.2 Å². The predicted octanol–water partition coefficient (Wildman–Crippen LogP) is 4.85. The summed E-state index contributed by atoms with van der Waals surface area (Å²) in [5.41, 5.74) is 1.96.